The number of hydrogen-bond acceptors (Lipinski definition) is 6. The van der Waals surface area contributed by atoms with Crippen molar-refractivity contribution < 1.29 is 41.8 Å². The van der Waals surface area contributed by atoms with E-state index in [0.29, 0.717) is 38.8 Å². The minimum atomic E-state index is -4.99. The van der Waals surface area contributed by atoms with Gasteiger partial charge in [0, 0.05) is 36.9 Å². The monoisotopic (exact) mass is 461 g/mol. The Morgan fingerprint density at radius 1 is 1.31 bits per heavy atom. The summed E-state index contributed by atoms with van der Waals surface area (Å²) in [5, 5.41) is 2.65. The summed E-state index contributed by atoms with van der Waals surface area (Å²) in [6, 6.07) is -1.14. The largest absolute Gasteiger partial charge is 0.522 e. The van der Waals surface area contributed by atoms with Gasteiger partial charge in [-0.05, 0) is 38.0 Å². The summed E-state index contributed by atoms with van der Waals surface area (Å²) in [7, 11) is 0. The average molecular weight is 461 g/mol. The lowest BCUT2D eigenvalue weighted by molar-refractivity contribution is -0.321. The number of carbonyl (C=O) groups excluding carboxylic acids is 4. The zero-order chi connectivity index (χ0) is 23.3. The quantitative estimate of drug-likeness (QED) is 0.528. The van der Waals surface area contributed by atoms with Crippen LogP contribution in [0, 0.1) is 23.2 Å². The number of nitrogens with one attached hydrogen (secondary N) is 1. The molecule has 0 aromatic rings. The van der Waals surface area contributed by atoms with Crippen LogP contribution in [0.1, 0.15) is 32.1 Å². The van der Waals surface area contributed by atoms with E-state index in [1.54, 1.807) is 0 Å². The van der Waals surface area contributed by atoms with Gasteiger partial charge in [-0.2, -0.15) is 0 Å². The van der Waals surface area contributed by atoms with E-state index >= 15 is 0 Å². The van der Waals surface area contributed by atoms with Gasteiger partial charge in [0.2, 0.25) is 11.8 Å². The molecule has 3 unspecified atom stereocenters. The predicted octanol–water partition coefficient (Wildman–Crippen LogP) is 0.116. The maximum Gasteiger partial charge on any atom is 0.522 e. The van der Waals surface area contributed by atoms with E-state index in [1.165, 1.54) is 4.90 Å². The van der Waals surface area contributed by atoms with Gasteiger partial charge in [-0.15, -0.1) is 13.2 Å². The zero-order valence-corrected chi connectivity index (χ0v) is 17.4. The van der Waals surface area contributed by atoms with E-state index in [9.17, 15) is 32.3 Å². The molecule has 1 saturated carbocycles. The van der Waals surface area contributed by atoms with Crippen LogP contribution < -0.4 is 11.1 Å². The smallest absolute Gasteiger partial charge is 0.368 e. The SMILES string of the molecule is NC(=O)C1N(C(=O)[C@H]2CCCO2)CC2CC21[C@H](C[C@H]1CCNC1=O)C(=O)COC(F)(F)F. The Labute approximate surface area is 182 Å². The number of amides is 3. The fraction of sp³-hybridized carbons (Fsp3) is 0.800. The molecule has 178 valence electrons. The Balaban J connectivity index is 1.61. The van der Waals surface area contributed by atoms with Crippen molar-refractivity contribution in [3.05, 3.63) is 0 Å². The average Bonchev–Trinajstić information content (AvgIpc) is 3.14. The second-order valence-corrected chi connectivity index (χ2v) is 9.08. The minimum Gasteiger partial charge on any atom is -0.368 e. The number of fused-ring (bicyclic) bond motifs is 1. The first-order valence-electron chi connectivity index (χ1n) is 10.8. The summed E-state index contributed by atoms with van der Waals surface area (Å²) in [4.78, 5) is 51.9. The maximum atomic E-state index is 13.0. The molecule has 0 spiro atoms. The van der Waals surface area contributed by atoms with E-state index in [4.69, 9.17) is 10.5 Å². The molecular formula is C20H26F3N3O6. The summed E-state index contributed by atoms with van der Waals surface area (Å²) < 4.78 is 47.0. The van der Waals surface area contributed by atoms with E-state index in [2.05, 4.69) is 10.1 Å². The number of alkyl halides is 3. The van der Waals surface area contributed by atoms with Gasteiger partial charge in [0.25, 0.3) is 5.91 Å². The Morgan fingerprint density at radius 2 is 2.06 bits per heavy atom. The van der Waals surface area contributed by atoms with Crippen LogP contribution in [0.2, 0.25) is 0 Å². The Kier molecular flexibility index (Phi) is 5.95. The second-order valence-electron chi connectivity index (χ2n) is 9.08. The Bertz CT molecular complexity index is 815. The molecule has 12 heteroatoms. The van der Waals surface area contributed by atoms with Gasteiger partial charge in [0.15, 0.2) is 5.78 Å². The normalized spacial score (nSPS) is 34.8. The molecule has 0 radical (unpaired) electrons. The van der Waals surface area contributed by atoms with Crippen molar-refractivity contribution in [3.63, 3.8) is 0 Å². The fourth-order valence-corrected chi connectivity index (χ4v) is 5.84. The lowest BCUT2D eigenvalue weighted by atomic mass is 9.74. The number of halogens is 3. The van der Waals surface area contributed by atoms with Crippen LogP contribution in [0.25, 0.3) is 0 Å². The van der Waals surface area contributed by atoms with Crippen molar-refractivity contribution in [1.82, 2.24) is 10.2 Å². The molecule has 3 N–H and O–H groups in total. The van der Waals surface area contributed by atoms with Crippen molar-refractivity contribution in [3.8, 4) is 0 Å². The lowest BCUT2D eigenvalue weighted by Gasteiger charge is -2.35. The molecule has 0 bridgehead atoms. The summed E-state index contributed by atoms with van der Waals surface area (Å²) in [5.41, 5.74) is 4.58. The molecule has 3 amide bonds. The molecule has 0 aromatic heterocycles. The molecule has 0 aromatic carbocycles. The number of likely N-dealkylation sites (tertiary alicyclic amines) is 1. The molecule has 4 aliphatic rings. The number of Topliss-reactive ketones (excluding diaryl/α,β-unsaturated/α-hetero) is 1. The van der Waals surface area contributed by atoms with Crippen molar-refractivity contribution in [2.24, 2.45) is 28.9 Å². The highest BCUT2D eigenvalue weighted by Gasteiger charge is 2.73. The summed E-state index contributed by atoms with van der Waals surface area (Å²) in [5.74, 6) is -4.24. The van der Waals surface area contributed by atoms with Gasteiger partial charge in [-0.1, -0.05) is 0 Å². The fourth-order valence-electron chi connectivity index (χ4n) is 5.84. The number of nitrogens with two attached hydrogens (primary N) is 1. The first-order chi connectivity index (χ1) is 15.0. The molecule has 9 nitrogen and oxygen atoms in total. The zero-order valence-electron chi connectivity index (χ0n) is 17.4. The number of carbonyl (C=O) groups is 4. The van der Waals surface area contributed by atoms with Crippen LogP contribution in [0.3, 0.4) is 0 Å². The van der Waals surface area contributed by atoms with Crippen molar-refractivity contribution in [2.75, 3.05) is 26.3 Å². The van der Waals surface area contributed by atoms with Crippen molar-refractivity contribution in [1.29, 1.82) is 0 Å². The minimum absolute atomic E-state index is 0.0197. The first-order valence-corrected chi connectivity index (χ1v) is 10.8. The molecule has 32 heavy (non-hydrogen) atoms. The van der Waals surface area contributed by atoms with E-state index in [1.807, 2.05) is 0 Å². The van der Waals surface area contributed by atoms with E-state index in [0.717, 1.165) is 0 Å². The van der Waals surface area contributed by atoms with Gasteiger partial charge in [0.05, 0.1) is 0 Å². The molecular weight excluding hydrogens is 435 g/mol. The number of ether oxygens (including phenoxy) is 2. The van der Waals surface area contributed by atoms with Crippen LogP contribution in [0.5, 0.6) is 0 Å². The third-order valence-electron chi connectivity index (χ3n) is 7.29. The Hall–Kier alpha value is -2.21. The standard InChI is InChI=1S/C20H26F3N3O6/c21-20(22,23)32-9-13(27)12(6-10-3-4-25-17(10)29)19-7-11(19)8-26(15(19)16(24)28)18(30)14-2-1-5-31-14/h10-12,14-15H,1-9H2,(H2,24,28)(H,25,29)/t10-,11?,12-,14-,15?,19?/m1/s1. The molecule has 3 aliphatic heterocycles. The molecule has 1 aliphatic carbocycles. The molecule has 3 heterocycles. The van der Waals surface area contributed by atoms with Gasteiger partial charge >= 0.3 is 6.36 Å². The van der Waals surface area contributed by atoms with Gasteiger partial charge in [-0.25, -0.2) is 0 Å². The number of hydrogen-bond donors (Lipinski definition) is 2. The van der Waals surface area contributed by atoms with Crippen molar-refractivity contribution >= 4 is 23.5 Å². The number of nitrogens with zero attached hydrogens (tertiary/aromatic N) is 1. The number of piperidine rings is 1. The number of primary amides is 1. The van der Waals surface area contributed by atoms with E-state index in [-0.39, 0.29) is 24.8 Å². The number of rotatable bonds is 8. The maximum absolute atomic E-state index is 13.0. The molecule has 4 fully saturated rings. The third-order valence-corrected chi connectivity index (χ3v) is 7.29. The first kappa shape index (κ1) is 23.0. The van der Waals surface area contributed by atoms with Crippen LogP contribution >= 0.6 is 0 Å². The second kappa shape index (κ2) is 8.29. The highest BCUT2D eigenvalue weighted by Crippen LogP contribution is 2.67. The van der Waals surface area contributed by atoms with Crippen LogP contribution in [0.4, 0.5) is 13.2 Å². The summed E-state index contributed by atoms with van der Waals surface area (Å²) in [6.45, 7) is -0.218. The highest BCUT2D eigenvalue weighted by molar-refractivity contribution is 5.93. The van der Waals surface area contributed by atoms with Gasteiger partial charge < -0.3 is 20.7 Å². The van der Waals surface area contributed by atoms with Crippen LogP contribution in [-0.2, 0) is 28.7 Å². The van der Waals surface area contributed by atoms with Gasteiger partial charge in [0.1, 0.15) is 18.8 Å². The van der Waals surface area contributed by atoms with Gasteiger partial charge in [-0.3, -0.25) is 23.9 Å². The summed E-state index contributed by atoms with van der Waals surface area (Å²) >= 11 is 0. The van der Waals surface area contributed by atoms with Crippen molar-refractivity contribution in [2.45, 2.75) is 50.6 Å². The molecule has 4 rings (SSSR count). The highest BCUT2D eigenvalue weighted by atomic mass is 19.4. The number of ketones is 1. The Morgan fingerprint density at radius 3 is 2.62 bits per heavy atom. The van der Waals surface area contributed by atoms with E-state index < -0.39 is 60.0 Å². The molecule has 6 atom stereocenters. The van der Waals surface area contributed by atoms with Crippen LogP contribution in [-0.4, -0.2) is 73.2 Å². The summed E-state index contributed by atoms with van der Waals surface area (Å²) in [6.07, 6.45) is -3.71. The predicted molar refractivity (Wildman–Crippen MR) is 100 cm³/mol. The topological polar surface area (TPSA) is 128 Å². The lowest BCUT2D eigenvalue weighted by Crippen LogP contribution is -2.54. The third kappa shape index (κ3) is 4.09. The van der Waals surface area contributed by atoms with Crippen LogP contribution in [0.15, 0.2) is 0 Å². The molecule has 3 saturated heterocycles.